The number of rotatable bonds is 5. The Bertz CT molecular complexity index is 635. The second-order valence-electron chi connectivity index (χ2n) is 5.20. The Morgan fingerprint density at radius 1 is 1.33 bits per heavy atom. The third-order valence-corrected chi connectivity index (χ3v) is 4.21. The number of imidazole rings is 1. The van der Waals surface area contributed by atoms with E-state index in [-0.39, 0.29) is 5.78 Å². The fourth-order valence-electron chi connectivity index (χ4n) is 2.58. The molecule has 1 aliphatic heterocycles. The molecule has 1 aliphatic rings. The summed E-state index contributed by atoms with van der Waals surface area (Å²) in [7, 11) is 0. The van der Waals surface area contributed by atoms with Crippen LogP contribution < -0.4 is 0 Å². The van der Waals surface area contributed by atoms with Crippen LogP contribution in [0.5, 0.6) is 0 Å². The number of ketones is 1. The van der Waals surface area contributed by atoms with Gasteiger partial charge in [-0.05, 0) is 41.0 Å². The van der Waals surface area contributed by atoms with Crippen molar-refractivity contribution < 1.29 is 9.53 Å². The van der Waals surface area contributed by atoms with E-state index in [1.165, 1.54) is 0 Å². The molecule has 0 amide bonds. The molecule has 0 unspecified atom stereocenters. The van der Waals surface area contributed by atoms with Crippen molar-refractivity contribution in [2.24, 2.45) is 0 Å². The maximum absolute atomic E-state index is 12.4. The summed E-state index contributed by atoms with van der Waals surface area (Å²) in [4.78, 5) is 19.0. The van der Waals surface area contributed by atoms with Gasteiger partial charge in [0.1, 0.15) is 11.3 Å². The molecule has 0 radical (unpaired) electrons. The van der Waals surface area contributed by atoms with E-state index in [4.69, 9.17) is 4.74 Å². The van der Waals surface area contributed by atoms with Crippen LogP contribution in [0.1, 0.15) is 23.3 Å². The molecule has 1 saturated heterocycles. The summed E-state index contributed by atoms with van der Waals surface area (Å²) in [5.41, 5.74) is 1.46. The first kappa shape index (κ1) is 14.7. The molecular weight excluding hydrogens is 334 g/mol. The van der Waals surface area contributed by atoms with E-state index in [1.54, 1.807) is 6.20 Å². The zero-order valence-electron chi connectivity index (χ0n) is 11.8. The molecule has 0 aromatic carbocycles. The number of aromatic nitrogens is 2. The summed E-state index contributed by atoms with van der Waals surface area (Å²) in [6.07, 6.45) is 4.98. The third kappa shape index (κ3) is 3.51. The maximum atomic E-state index is 12.4. The summed E-state index contributed by atoms with van der Waals surface area (Å²) in [6.45, 7) is 4.49. The Labute approximate surface area is 132 Å². The average molecular weight is 352 g/mol. The zero-order chi connectivity index (χ0) is 14.7. The van der Waals surface area contributed by atoms with Crippen molar-refractivity contribution in [3.63, 3.8) is 0 Å². The number of hydrogen-bond acceptors (Lipinski definition) is 4. The minimum Gasteiger partial charge on any atom is -0.379 e. The number of nitrogens with zero attached hydrogens (tertiary/aromatic N) is 3. The summed E-state index contributed by atoms with van der Waals surface area (Å²) in [5.74, 6) is 0.147. The van der Waals surface area contributed by atoms with E-state index in [0.717, 1.165) is 49.4 Å². The van der Waals surface area contributed by atoms with Gasteiger partial charge in [-0.2, -0.15) is 0 Å². The topological polar surface area (TPSA) is 46.8 Å². The van der Waals surface area contributed by atoms with Gasteiger partial charge in [0.25, 0.3) is 0 Å². The maximum Gasteiger partial charge on any atom is 0.181 e. The normalized spacial score (nSPS) is 16.4. The van der Waals surface area contributed by atoms with Crippen LogP contribution in [0.4, 0.5) is 0 Å². The molecule has 3 heterocycles. The molecule has 5 nitrogen and oxygen atoms in total. The molecule has 1 fully saturated rings. The lowest BCUT2D eigenvalue weighted by atomic mass is 10.1. The minimum atomic E-state index is 0.147. The Balaban J connectivity index is 1.60. The molecule has 21 heavy (non-hydrogen) atoms. The molecule has 0 N–H and O–H groups in total. The van der Waals surface area contributed by atoms with Gasteiger partial charge in [-0.1, -0.05) is 0 Å². The summed E-state index contributed by atoms with van der Waals surface area (Å²) in [6, 6.07) is 3.82. The SMILES string of the molecule is O=C(CCCN1CCOCC1)c1cnc2ccc(Br)cn12. The van der Waals surface area contributed by atoms with Gasteiger partial charge < -0.3 is 4.74 Å². The molecule has 3 rings (SSSR count). The minimum absolute atomic E-state index is 0.147. The highest BCUT2D eigenvalue weighted by atomic mass is 79.9. The Kier molecular flexibility index (Phi) is 4.67. The van der Waals surface area contributed by atoms with Gasteiger partial charge in [0.2, 0.25) is 0 Å². The molecule has 0 bridgehead atoms. The van der Waals surface area contributed by atoms with Crippen molar-refractivity contribution in [2.45, 2.75) is 12.8 Å². The van der Waals surface area contributed by atoms with Crippen LogP contribution in [0.25, 0.3) is 5.65 Å². The first-order valence-corrected chi connectivity index (χ1v) is 7.99. The highest BCUT2D eigenvalue weighted by Gasteiger charge is 2.14. The van der Waals surface area contributed by atoms with Gasteiger partial charge >= 0.3 is 0 Å². The average Bonchev–Trinajstić information content (AvgIpc) is 2.91. The Morgan fingerprint density at radius 2 is 2.14 bits per heavy atom. The first-order chi connectivity index (χ1) is 10.2. The van der Waals surface area contributed by atoms with E-state index in [1.807, 2.05) is 22.7 Å². The number of fused-ring (bicyclic) bond motifs is 1. The van der Waals surface area contributed by atoms with Gasteiger partial charge in [-0.25, -0.2) is 4.98 Å². The lowest BCUT2D eigenvalue weighted by Gasteiger charge is -2.26. The highest BCUT2D eigenvalue weighted by Crippen LogP contribution is 2.15. The first-order valence-electron chi connectivity index (χ1n) is 7.20. The van der Waals surface area contributed by atoms with Gasteiger partial charge in [0, 0.05) is 30.2 Å². The standard InChI is InChI=1S/C15H18BrN3O2/c16-12-3-4-15-17-10-13(19(15)11-12)14(20)2-1-5-18-6-8-21-9-7-18/h3-4,10-11H,1-2,5-9H2. The number of pyridine rings is 1. The van der Waals surface area contributed by atoms with Crippen molar-refractivity contribution in [3.05, 3.63) is 34.7 Å². The van der Waals surface area contributed by atoms with Crippen LogP contribution in [-0.4, -0.2) is 52.9 Å². The van der Waals surface area contributed by atoms with Gasteiger partial charge in [-0.15, -0.1) is 0 Å². The van der Waals surface area contributed by atoms with Crippen molar-refractivity contribution in [1.82, 2.24) is 14.3 Å². The monoisotopic (exact) mass is 351 g/mol. The van der Waals surface area contributed by atoms with Crippen molar-refractivity contribution >= 4 is 27.4 Å². The second kappa shape index (κ2) is 6.68. The van der Waals surface area contributed by atoms with Gasteiger partial charge in [-0.3, -0.25) is 14.1 Å². The molecule has 2 aromatic rings. The smallest absolute Gasteiger partial charge is 0.181 e. The van der Waals surface area contributed by atoms with Crippen LogP contribution in [0.3, 0.4) is 0 Å². The van der Waals surface area contributed by atoms with Gasteiger partial charge in [0.15, 0.2) is 5.78 Å². The molecule has 2 aromatic heterocycles. The van der Waals surface area contributed by atoms with Crippen LogP contribution in [0.2, 0.25) is 0 Å². The highest BCUT2D eigenvalue weighted by molar-refractivity contribution is 9.10. The number of hydrogen-bond donors (Lipinski definition) is 0. The van der Waals surface area contributed by atoms with E-state index in [2.05, 4.69) is 25.8 Å². The van der Waals surface area contributed by atoms with Crippen LogP contribution in [-0.2, 0) is 4.74 Å². The largest absolute Gasteiger partial charge is 0.379 e. The zero-order valence-corrected chi connectivity index (χ0v) is 13.4. The summed E-state index contributed by atoms with van der Waals surface area (Å²) >= 11 is 3.43. The van der Waals surface area contributed by atoms with E-state index in [9.17, 15) is 4.79 Å². The van der Waals surface area contributed by atoms with E-state index >= 15 is 0 Å². The van der Waals surface area contributed by atoms with Crippen molar-refractivity contribution in [1.29, 1.82) is 0 Å². The molecule has 6 heteroatoms. The molecular formula is C15H18BrN3O2. The second-order valence-corrected chi connectivity index (χ2v) is 6.12. The molecule has 0 aliphatic carbocycles. The van der Waals surface area contributed by atoms with Crippen molar-refractivity contribution in [3.8, 4) is 0 Å². The number of morpholine rings is 1. The molecule has 112 valence electrons. The summed E-state index contributed by atoms with van der Waals surface area (Å²) < 4.78 is 8.11. The van der Waals surface area contributed by atoms with E-state index < -0.39 is 0 Å². The molecule has 0 atom stereocenters. The van der Waals surface area contributed by atoms with Gasteiger partial charge in [0.05, 0.1) is 19.4 Å². The fraction of sp³-hybridized carbons (Fsp3) is 0.467. The number of halogens is 1. The fourth-order valence-corrected chi connectivity index (χ4v) is 2.91. The third-order valence-electron chi connectivity index (χ3n) is 3.74. The van der Waals surface area contributed by atoms with Crippen molar-refractivity contribution in [2.75, 3.05) is 32.8 Å². The lowest BCUT2D eigenvalue weighted by Crippen LogP contribution is -2.36. The number of carbonyl (C=O) groups excluding carboxylic acids is 1. The Hall–Kier alpha value is -1.24. The molecule has 0 saturated carbocycles. The lowest BCUT2D eigenvalue weighted by molar-refractivity contribution is 0.0371. The quantitative estimate of drug-likeness (QED) is 0.776. The predicted molar refractivity (Wildman–Crippen MR) is 83.7 cm³/mol. The van der Waals surface area contributed by atoms with Crippen LogP contribution in [0.15, 0.2) is 29.0 Å². The predicted octanol–water partition coefficient (Wildman–Crippen LogP) is 2.39. The van der Waals surface area contributed by atoms with E-state index in [0.29, 0.717) is 12.1 Å². The molecule has 0 spiro atoms. The number of ether oxygens (including phenoxy) is 1. The number of carbonyl (C=O) groups is 1. The number of Topliss-reactive ketones (excluding diaryl/α,β-unsaturated/α-hetero) is 1. The van der Waals surface area contributed by atoms with Crippen LogP contribution in [0, 0.1) is 0 Å². The van der Waals surface area contributed by atoms with Crippen LogP contribution >= 0.6 is 15.9 Å². The Morgan fingerprint density at radius 3 is 2.95 bits per heavy atom. The summed E-state index contributed by atoms with van der Waals surface area (Å²) in [5, 5.41) is 0.